The number of carbonyl (C=O) groups is 1. The van der Waals surface area contributed by atoms with Crippen molar-refractivity contribution in [2.24, 2.45) is 17.6 Å². The fourth-order valence-electron chi connectivity index (χ4n) is 3.70. The maximum absolute atomic E-state index is 12.6. The summed E-state index contributed by atoms with van der Waals surface area (Å²) in [5.41, 5.74) is 5.79. The topological polar surface area (TPSA) is 85.2 Å². The predicted molar refractivity (Wildman–Crippen MR) is 84.7 cm³/mol. The summed E-state index contributed by atoms with van der Waals surface area (Å²) >= 11 is 0. The molecule has 1 aliphatic heterocycles. The zero-order valence-corrected chi connectivity index (χ0v) is 13.8. The number of amides is 1. The Bertz CT molecular complexity index is 499. The van der Waals surface area contributed by atoms with Crippen molar-refractivity contribution in [3.8, 4) is 0 Å². The summed E-state index contributed by atoms with van der Waals surface area (Å²) in [6.45, 7) is 4.05. The van der Waals surface area contributed by atoms with Gasteiger partial charge in [0.15, 0.2) is 5.82 Å². The number of halogens is 1. The lowest BCUT2D eigenvalue weighted by Gasteiger charge is -2.33. The minimum atomic E-state index is 0. The molecule has 124 valence electrons. The number of hydrogen-bond acceptors (Lipinski definition) is 5. The number of aryl methyl sites for hydroxylation is 1. The van der Waals surface area contributed by atoms with Crippen molar-refractivity contribution in [2.45, 2.75) is 44.9 Å². The molecule has 2 fully saturated rings. The van der Waals surface area contributed by atoms with Crippen LogP contribution in [0.5, 0.6) is 0 Å². The highest BCUT2D eigenvalue weighted by molar-refractivity contribution is 5.85. The second kappa shape index (κ2) is 7.42. The van der Waals surface area contributed by atoms with E-state index in [0.717, 1.165) is 51.1 Å². The molecule has 3 rings (SSSR count). The van der Waals surface area contributed by atoms with E-state index >= 15 is 0 Å². The normalized spacial score (nSPS) is 26.0. The van der Waals surface area contributed by atoms with Gasteiger partial charge in [-0.25, -0.2) is 0 Å². The first-order valence-electron chi connectivity index (χ1n) is 7.98. The van der Waals surface area contributed by atoms with Crippen molar-refractivity contribution in [1.82, 2.24) is 15.0 Å². The third kappa shape index (κ3) is 3.43. The van der Waals surface area contributed by atoms with Gasteiger partial charge in [-0.3, -0.25) is 4.79 Å². The molecule has 22 heavy (non-hydrogen) atoms. The summed E-state index contributed by atoms with van der Waals surface area (Å²) in [4.78, 5) is 19.0. The Labute approximate surface area is 137 Å². The molecular weight excluding hydrogens is 304 g/mol. The molecule has 0 unspecified atom stereocenters. The Morgan fingerprint density at radius 2 is 2.05 bits per heavy atom. The molecular formula is C15H25ClN4O2. The third-order valence-corrected chi connectivity index (χ3v) is 4.98. The summed E-state index contributed by atoms with van der Waals surface area (Å²) in [6.07, 6.45) is 5.06. The number of hydrogen-bond donors (Lipinski definition) is 1. The van der Waals surface area contributed by atoms with Crippen LogP contribution in [0.2, 0.25) is 0 Å². The second-order valence-corrected chi connectivity index (χ2v) is 6.31. The number of nitrogens with two attached hydrogens (primary N) is 1. The van der Waals surface area contributed by atoms with Crippen molar-refractivity contribution >= 4 is 18.3 Å². The SMILES string of the molecule is Cc1noc(C2CCN(C(=O)[C@@H]3CCC[C@@H]3CN)CC2)n1.Cl. The van der Waals surface area contributed by atoms with E-state index in [9.17, 15) is 4.79 Å². The summed E-state index contributed by atoms with van der Waals surface area (Å²) < 4.78 is 5.25. The fourth-order valence-corrected chi connectivity index (χ4v) is 3.70. The predicted octanol–water partition coefficient (Wildman–Crippen LogP) is 1.88. The lowest BCUT2D eigenvalue weighted by Crippen LogP contribution is -2.43. The molecule has 1 amide bonds. The Hall–Kier alpha value is -1.14. The van der Waals surface area contributed by atoms with E-state index in [1.54, 1.807) is 0 Å². The van der Waals surface area contributed by atoms with Crippen molar-refractivity contribution < 1.29 is 9.32 Å². The summed E-state index contributed by atoms with van der Waals surface area (Å²) in [5.74, 6) is 2.54. The van der Waals surface area contributed by atoms with Crippen LogP contribution in [-0.4, -0.2) is 40.6 Å². The van der Waals surface area contributed by atoms with Crippen molar-refractivity contribution in [1.29, 1.82) is 0 Å². The van der Waals surface area contributed by atoms with Gasteiger partial charge in [-0.2, -0.15) is 4.98 Å². The van der Waals surface area contributed by atoms with Crippen LogP contribution >= 0.6 is 12.4 Å². The van der Waals surface area contributed by atoms with Crippen LogP contribution in [0.4, 0.5) is 0 Å². The van der Waals surface area contributed by atoms with Crippen molar-refractivity contribution in [3.05, 3.63) is 11.7 Å². The third-order valence-electron chi connectivity index (χ3n) is 4.98. The van der Waals surface area contributed by atoms with Gasteiger partial charge >= 0.3 is 0 Å². The highest BCUT2D eigenvalue weighted by atomic mass is 35.5. The summed E-state index contributed by atoms with van der Waals surface area (Å²) in [7, 11) is 0. The fraction of sp³-hybridized carbons (Fsp3) is 0.800. The Balaban J connectivity index is 0.00000176. The molecule has 6 nitrogen and oxygen atoms in total. The van der Waals surface area contributed by atoms with Crippen LogP contribution in [0.15, 0.2) is 4.52 Å². The quantitative estimate of drug-likeness (QED) is 0.915. The minimum absolute atomic E-state index is 0. The van der Waals surface area contributed by atoms with E-state index in [0.29, 0.717) is 30.1 Å². The average Bonchev–Trinajstić information content (AvgIpc) is 3.15. The van der Waals surface area contributed by atoms with E-state index in [2.05, 4.69) is 10.1 Å². The van der Waals surface area contributed by atoms with Crippen LogP contribution in [0.3, 0.4) is 0 Å². The maximum Gasteiger partial charge on any atom is 0.229 e. The van der Waals surface area contributed by atoms with Crippen LogP contribution in [-0.2, 0) is 4.79 Å². The highest BCUT2D eigenvalue weighted by Gasteiger charge is 2.36. The summed E-state index contributed by atoms with van der Waals surface area (Å²) in [6, 6.07) is 0. The zero-order valence-electron chi connectivity index (χ0n) is 13.0. The molecule has 0 aromatic carbocycles. The molecule has 0 radical (unpaired) electrons. The van der Waals surface area contributed by atoms with Crippen molar-refractivity contribution in [2.75, 3.05) is 19.6 Å². The van der Waals surface area contributed by atoms with Crippen LogP contribution in [0, 0.1) is 18.8 Å². The number of nitrogens with zero attached hydrogens (tertiary/aromatic N) is 3. The highest BCUT2D eigenvalue weighted by Crippen LogP contribution is 2.34. The largest absolute Gasteiger partial charge is 0.342 e. The Morgan fingerprint density at radius 1 is 1.32 bits per heavy atom. The van der Waals surface area contributed by atoms with Gasteiger partial charge in [0.2, 0.25) is 11.8 Å². The van der Waals surface area contributed by atoms with Gasteiger partial charge in [0, 0.05) is 24.9 Å². The van der Waals surface area contributed by atoms with Gasteiger partial charge in [0.25, 0.3) is 0 Å². The first-order chi connectivity index (χ1) is 10.2. The van der Waals surface area contributed by atoms with Crippen LogP contribution in [0.25, 0.3) is 0 Å². The van der Waals surface area contributed by atoms with Gasteiger partial charge in [-0.05, 0) is 45.1 Å². The zero-order chi connectivity index (χ0) is 14.8. The smallest absolute Gasteiger partial charge is 0.229 e. The lowest BCUT2D eigenvalue weighted by molar-refractivity contribution is -0.137. The van der Waals surface area contributed by atoms with Gasteiger partial charge in [0.05, 0.1) is 0 Å². The average molecular weight is 329 g/mol. The van der Waals surface area contributed by atoms with E-state index in [4.69, 9.17) is 10.3 Å². The molecule has 1 saturated heterocycles. The first kappa shape index (κ1) is 17.2. The van der Waals surface area contributed by atoms with Crippen molar-refractivity contribution in [3.63, 3.8) is 0 Å². The van der Waals surface area contributed by atoms with E-state index in [-0.39, 0.29) is 18.3 Å². The molecule has 1 aromatic heterocycles. The Morgan fingerprint density at radius 3 is 2.64 bits per heavy atom. The van der Waals surface area contributed by atoms with Gasteiger partial charge in [0.1, 0.15) is 0 Å². The Kier molecular flexibility index (Phi) is 5.81. The molecule has 1 aromatic rings. The summed E-state index contributed by atoms with van der Waals surface area (Å²) in [5, 5.41) is 3.85. The lowest BCUT2D eigenvalue weighted by atomic mass is 9.91. The molecule has 1 aliphatic carbocycles. The molecule has 2 aliphatic rings. The molecule has 0 spiro atoms. The van der Waals surface area contributed by atoms with Gasteiger partial charge in [-0.1, -0.05) is 11.6 Å². The standard InChI is InChI=1S/C15H24N4O2.ClH/c1-10-17-14(21-18-10)11-5-7-19(8-6-11)15(20)13-4-2-3-12(13)9-16;/h11-13H,2-9,16H2,1H3;1H/t12-,13-;/m1./s1. The minimum Gasteiger partial charge on any atom is -0.342 e. The monoisotopic (exact) mass is 328 g/mol. The van der Waals surface area contributed by atoms with Crippen LogP contribution in [0.1, 0.15) is 49.7 Å². The molecule has 2 N–H and O–H groups in total. The molecule has 0 bridgehead atoms. The van der Waals surface area contributed by atoms with E-state index in [1.165, 1.54) is 0 Å². The molecule has 1 saturated carbocycles. The van der Waals surface area contributed by atoms with Gasteiger partial charge < -0.3 is 15.2 Å². The van der Waals surface area contributed by atoms with E-state index < -0.39 is 0 Å². The number of piperidine rings is 1. The number of aromatic nitrogens is 2. The molecule has 7 heteroatoms. The second-order valence-electron chi connectivity index (χ2n) is 6.31. The molecule has 2 atom stereocenters. The number of likely N-dealkylation sites (tertiary alicyclic amines) is 1. The van der Waals surface area contributed by atoms with E-state index in [1.807, 2.05) is 11.8 Å². The molecule has 2 heterocycles. The van der Waals surface area contributed by atoms with Gasteiger partial charge in [-0.15, -0.1) is 12.4 Å². The first-order valence-corrected chi connectivity index (χ1v) is 7.98. The maximum atomic E-state index is 12.6. The van der Waals surface area contributed by atoms with Crippen LogP contribution < -0.4 is 5.73 Å². The number of rotatable bonds is 3. The number of carbonyl (C=O) groups excluding carboxylic acids is 1.